The lowest BCUT2D eigenvalue weighted by atomic mass is 10.3. The van der Waals surface area contributed by atoms with E-state index in [4.69, 9.17) is 0 Å². The van der Waals surface area contributed by atoms with E-state index in [2.05, 4.69) is 15.3 Å². The van der Waals surface area contributed by atoms with Crippen molar-refractivity contribution in [3.8, 4) is 0 Å². The van der Waals surface area contributed by atoms with Gasteiger partial charge in [0.15, 0.2) is 5.82 Å². The van der Waals surface area contributed by atoms with Crippen molar-refractivity contribution >= 4 is 11.7 Å². The number of carbonyl (C=O) groups excluding carboxylic acids is 1. The fourth-order valence-electron chi connectivity index (χ4n) is 1.07. The van der Waals surface area contributed by atoms with Crippen molar-refractivity contribution in [2.24, 2.45) is 0 Å². The molecule has 2 rings (SSSR count). The Balaban J connectivity index is 2.46. The van der Waals surface area contributed by atoms with Crippen molar-refractivity contribution in [1.29, 1.82) is 0 Å². The van der Waals surface area contributed by atoms with E-state index < -0.39 is 6.35 Å². The molecule has 0 bridgehead atoms. The number of amides is 1. The molecule has 0 saturated heterocycles. The number of aliphatic hydroxyl groups excluding tert-OH is 1. The van der Waals surface area contributed by atoms with E-state index in [0.29, 0.717) is 11.5 Å². The Hall–Kier alpha value is -1.56. The first-order chi connectivity index (χ1) is 5.70. The predicted octanol–water partition coefficient (Wildman–Crippen LogP) is -0.817. The Labute approximate surface area is 68.2 Å². The van der Waals surface area contributed by atoms with E-state index >= 15 is 0 Å². The van der Waals surface area contributed by atoms with Crippen molar-refractivity contribution in [2.45, 2.75) is 6.35 Å². The summed E-state index contributed by atoms with van der Waals surface area (Å²) in [6, 6.07) is 0. The molecule has 0 spiro atoms. The second-order valence-electron chi connectivity index (χ2n) is 2.56. The van der Waals surface area contributed by atoms with Crippen LogP contribution >= 0.6 is 0 Å². The molecule has 6 nitrogen and oxygen atoms in total. The third-order valence-electron chi connectivity index (χ3n) is 1.81. The van der Waals surface area contributed by atoms with Crippen LogP contribution in [0.25, 0.3) is 0 Å². The number of rotatable bonds is 0. The van der Waals surface area contributed by atoms with E-state index in [1.807, 2.05) is 0 Å². The molecule has 1 aliphatic rings. The molecule has 1 aromatic rings. The second kappa shape index (κ2) is 2.21. The smallest absolute Gasteiger partial charge is 0.277 e. The largest absolute Gasteiger partial charge is 0.356 e. The van der Waals surface area contributed by atoms with Gasteiger partial charge in [0.1, 0.15) is 5.69 Å². The molecule has 12 heavy (non-hydrogen) atoms. The lowest BCUT2D eigenvalue weighted by Gasteiger charge is -2.28. The van der Waals surface area contributed by atoms with Gasteiger partial charge in [-0.15, -0.1) is 0 Å². The number of aromatic nitrogens is 2. The summed E-state index contributed by atoms with van der Waals surface area (Å²) in [4.78, 5) is 19.0. The van der Waals surface area contributed by atoms with Crippen LogP contribution in [-0.2, 0) is 0 Å². The molecule has 3 N–H and O–H groups in total. The van der Waals surface area contributed by atoms with E-state index in [1.165, 1.54) is 18.3 Å². The maximum atomic E-state index is 11.3. The molecule has 0 saturated carbocycles. The summed E-state index contributed by atoms with van der Waals surface area (Å²) >= 11 is 0. The molecule has 1 unspecified atom stereocenters. The van der Waals surface area contributed by atoms with Gasteiger partial charge in [0, 0.05) is 7.05 Å². The number of hydrogen-bond acceptors (Lipinski definition) is 4. The first-order valence-corrected chi connectivity index (χ1v) is 3.45. The molecule has 0 aliphatic carbocycles. The van der Waals surface area contributed by atoms with Gasteiger partial charge in [0.05, 0.1) is 6.33 Å². The summed E-state index contributed by atoms with van der Waals surface area (Å²) in [7, 11) is 1.50. The number of H-pyrrole nitrogens is 1. The maximum Gasteiger partial charge on any atom is 0.277 e. The lowest BCUT2D eigenvalue weighted by Crippen LogP contribution is -2.46. The van der Waals surface area contributed by atoms with Crippen LogP contribution in [0, 0.1) is 0 Å². The molecule has 1 aliphatic heterocycles. The average molecular weight is 168 g/mol. The Morgan fingerprint density at radius 2 is 2.50 bits per heavy atom. The first-order valence-electron chi connectivity index (χ1n) is 3.45. The van der Waals surface area contributed by atoms with Crippen LogP contribution < -0.4 is 5.32 Å². The van der Waals surface area contributed by atoms with Crippen LogP contribution in [-0.4, -0.2) is 39.3 Å². The standard InChI is InChI=1S/C6H8N4O2/c1-10-5(11)3-4(8-2-7-3)9-6(10)12/h2,6,9,12H,1H3,(H,7,8). The van der Waals surface area contributed by atoms with Crippen LogP contribution in [0.4, 0.5) is 5.82 Å². The zero-order valence-electron chi connectivity index (χ0n) is 6.40. The SMILES string of the molecule is CN1C(=O)c2[nH]cnc2NC1O. The van der Waals surface area contributed by atoms with Gasteiger partial charge in [-0.3, -0.25) is 9.69 Å². The minimum Gasteiger partial charge on any atom is -0.356 e. The minimum atomic E-state index is -0.992. The first kappa shape index (κ1) is 7.11. The Bertz CT molecular complexity index is 321. The van der Waals surface area contributed by atoms with E-state index in [-0.39, 0.29) is 5.91 Å². The minimum absolute atomic E-state index is 0.270. The van der Waals surface area contributed by atoms with Crippen molar-refractivity contribution in [3.05, 3.63) is 12.0 Å². The highest BCUT2D eigenvalue weighted by molar-refractivity contribution is 5.98. The van der Waals surface area contributed by atoms with Gasteiger partial charge < -0.3 is 15.4 Å². The van der Waals surface area contributed by atoms with Crippen molar-refractivity contribution in [3.63, 3.8) is 0 Å². The molecule has 1 aromatic heterocycles. The predicted molar refractivity (Wildman–Crippen MR) is 40.3 cm³/mol. The van der Waals surface area contributed by atoms with Gasteiger partial charge in [-0.1, -0.05) is 0 Å². The number of nitrogens with one attached hydrogen (secondary N) is 2. The number of carbonyl (C=O) groups is 1. The fraction of sp³-hybridized carbons (Fsp3) is 0.333. The number of anilines is 1. The molecular formula is C6H8N4O2. The summed E-state index contributed by atoms with van der Waals surface area (Å²) in [6.45, 7) is 0. The van der Waals surface area contributed by atoms with Crippen LogP contribution in [0.1, 0.15) is 10.5 Å². The van der Waals surface area contributed by atoms with E-state index in [0.717, 1.165) is 0 Å². The molecule has 64 valence electrons. The van der Waals surface area contributed by atoms with Gasteiger partial charge in [0.25, 0.3) is 5.91 Å². The topological polar surface area (TPSA) is 81.2 Å². The molecule has 0 aromatic carbocycles. The highest BCUT2D eigenvalue weighted by Crippen LogP contribution is 2.18. The molecule has 0 fully saturated rings. The van der Waals surface area contributed by atoms with Crippen LogP contribution in [0.3, 0.4) is 0 Å². The monoisotopic (exact) mass is 168 g/mol. The van der Waals surface area contributed by atoms with E-state index in [9.17, 15) is 9.90 Å². The second-order valence-corrected chi connectivity index (χ2v) is 2.56. The van der Waals surface area contributed by atoms with Gasteiger partial charge in [-0.2, -0.15) is 0 Å². The third-order valence-corrected chi connectivity index (χ3v) is 1.81. The normalized spacial score (nSPS) is 22.0. The number of hydrogen-bond donors (Lipinski definition) is 3. The molecule has 1 amide bonds. The van der Waals surface area contributed by atoms with E-state index in [1.54, 1.807) is 0 Å². The molecule has 2 heterocycles. The number of imidazole rings is 1. The highest BCUT2D eigenvalue weighted by atomic mass is 16.3. The number of aliphatic hydroxyl groups is 1. The Kier molecular flexibility index (Phi) is 1.31. The summed E-state index contributed by atoms with van der Waals surface area (Å²) in [5.41, 5.74) is 0.378. The Morgan fingerprint density at radius 3 is 3.25 bits per heavy atom. The third kappa shape index (κ3) is 0.782. The van der Waals surface area contributed by atoms with Gasteiger partial charge in [-0.25, -0.2) is 4.98 Å². The number of aromatic amines is 1. The summed E-state index contributed by atoms with van der Waals surface area (Å²) in [5, 5.41) is 11.9. The zero-order chi connectivity index (χ0) is 8.72. The molecule has 1 atom stereocenters. The highest BCUT2D eigenvalue weighted by Gasteiger charge is 2.29. The fourth-order valence-corrected chi connectivity index (χ4v) is 1.07. The summed E-state index contributed by atoms with van der Waals surface area (Å²) in [5.74, 6) is 0.124. The average Bonchev–Trinajstić information content (AvgIpc) is 2.48. The van der Waals surface area contributed by atoms with Crippen LogP contribution in [0.5, 0.6) is 0 Å². The maximum absolute atomic E-state index is 11.3. The number of fused-ring (bicyclic) bond motifs is 1. The summed E-state index contributed by atoms with van der Waals surface area (Å²) < 4.78 is 0. The molecule has 6 heteroatoms. The number of nitrogens with zero attached hydrogens (tertiary/aromatic N) is 2. The Morgan fingerprint density at radius 1 is 1.75 bits per heavy atom. The van der Waals surface area contributed by atoms with Crippen molar-refractivity contribution in [1.82, 2.24) is 14.9 Å². The lowest BCUT2D eigenvalue weighted by molar-refractivity contribution is 0.0295. The van der Waals surface area contributed by atoms with Crippen molar-refractivity contribution in [2.75, 3.05) is 12.4 Å². The van der Waals surface area contributed by atoms with Crippen LogP contribution in [0.15, 0.2) is 6.33 Å². The van der Waals surface area contributed by atoms with Gasteiger partial charge in [0.2, 0.25) is 6.35 Å². The van der Waals surface area contributed by atoms with Crippen LogP contribution in [0.2, 0.25) is 0 Å². The van der Waals surface area contributed by atoms with Gasteiger partial charge >= 0.3 is 0 Å². The van der Waals surface area contributed by atoms with Gasteiger partial charge in [-0.05, 0) is 0 Å². The molecular weight excluding hydrogens is 160 g/mol. The quantitative estimate of drug-likeness (QED) is 0.473. The zero-order valence-corrected chi connectivity index (χ0v) is 6.40. The summed E-state index contributed by atoms with van der Waals surface area (Å²) in [6.07, 6.45) is 0.412. The van der Waals surface area contributed by atoms with Crippen molar-refractivity contribution < 1.29 is 9.90 Å². The molecule has 0 radical (unpaired) electrons.